The molecule has 0 bridgehead atoms. The Morgan fingerprint density at radius 2 is 0.712 bits per heavy atom. The van der Waals surface area contributed by atoms with Gasteiger partial charge in [0.15, 0.2) is 0 Å². The molecule has 0 radical (unpaired) electrons. The average molecular weight is 1010 g/mol. The molecule has 343 valence electrons. The molecule has 0 heterocycles. The molecule has 0 spiro atoms. The van der Waals surface area contributed by atoms with E-state index in [4.69, 9.17) is 0 Å². The number of rotatable bonds is 7. The van der Waals surface area contributed by atoms with Gasteiger partial charge in [0.2, 0.25) is 0 Å². The van der Waals surface area contributed by atoms with Gasteiger partial charge in [-0.05, 0) is 0 Å². The van der Waals surface area contributed by atoms with Crippen molar-refractivity contribution in [2.75, 3.05) is 0 Å². The molecule has 6 aromatic carbocycles. The molecular formula is C62H73Cl2SiZr. The van der Waals surface area contributed by atoms with Crippen molar-refractivity contribution in [3.63, 3.8) is 0 Å². The number of halogens is 2. The van der Waals surface area contributed by atoms with Crippen molar-refractivity contribution in [1.29, 1.82) is 0 Å². The Bertz CT molecular complexity index is 2660. The summed E-state index contributed by atoms with van der Waals surface area (Å²) in [6.07, 6.45) is 5.03. The van der Waals surface area contributed by atoms with Crippen molar-refractivity contribution in [2.45, 2.75) is 139 Å². The molecule has 0 amide bonds. The summed E-state index contributed by atoms with van der Waals surface area (Å²) in [6, 6.07) is 46.3. The van der Waals surface area contributed by atoms with Gasteiger partial charge in [0, 0.05) is 0 Å². The van der Waals surface area contributed by atoms with E-state index < -0.39 is 21.5 Å². The summed E-state index contributed by atoms with van der Waals surface area (Å²) in [5.74, 6) is -1.93. The van der Waals surface area contributed by atoms with Crippen LogP contribution in [0.4, 0.5) is 0 Å². The fourth-order valence-electron chi connectivity index (χ4n) is 10.9. The van der Waals surface area contributed by atoms with Gasteiger partial charge in [-0.15, -0.1) is 0 Å². The van der Waals surface area contributed by atoms with E-state index in [2.05, 4.69) is 244 Å². The van der Waals surface area contributed by atoms with Crippen LogP contribution in [-0.4, -0.2) is 5.92 Å². The topological polar surface area (TPSA) is 0 Å². The van der Waals surface area contributed by atoms with Gasteiger partial charge in [0.05, 0.1) is 0 Å². The summed E-state index contributed by atoms with van der Waals surface area (Å²) >= 11 is -5.38. The molecule has 0 aromatic heterocycles. The number of aryl methyl sites for hydroxylation is 2. The molecule has 0 aliphatic heterocycles. The summed E-state index contributed by atoms with van der Waals surface area (Å²) in [5, 5.41) is 0. The zero-order valence-corrected chi connectivity index (χ0v) is 47.8. The number of benzene rings is 6. The van der Waals surface area contributed by atoms with Crippen molar-refractivity contribution in [3.8, 4) is 22.3 Å². The Morgan fingerprint density at radius 3 is 0.985 bits per heavy atom. The van der Waals surface area contributed by atoms with Crippen LogP contribution >= 0.6 is 17.0 Å². The Hall–Kier alpha value is -3.52. The van der Waals surface area contributed by atoms with Gasteiger partial charge in [-0.25, -0.2) is 0 Å². The van der Waals surface area contributed by atoms with Gasteiger partial charge < -0.3 is 0 Å². The molecule has 4 heteroatoms. The molecule has 0 nitrogen and oxygen atoms in total. The molecule has 66 heavy (non-hydrogen) atoms. The summed E-state index contributed by atoms with van der Waals surface area (Å²) < 4.78 is -0.258. The van der Waals surface area contributed by atoms with Gasteiger partial charge in [-0.1, -0.05) is 0 Å². The minimum absolute atomic E-state index is 0.0176. The van der Waals surface area contributed by atoms with E-state index in [1.807, 2.05) is 0 Å². The second kappa shape index (κ2) is 16.9. The Kier molecular flexibility index (Phi) is 12.5. The first-order valence-corrected chi connectivity index (χ1v) is 40.6. The van der Waals surface area contributed by atoms with E-state index >= 15 is 0 Å². The van der Waals surface area contributed by atoms with Gasteiger partial charge >= 0.3 is 411 Å². The predicted molar refractivity (Wildman–Crippen MR) is 293 cm³/mol. The summed E-state index contributed by atoms with van der Waals surface area (Å²) in [7, 11) is 18.5. The zero-order valence-electron chi connectivity index (χ0n) is 42.7. The fourth-order valence-corrected chi connectivity index (χ4v) is 41.0. The Labute approximate surface area is 407 Å². The number of hydrogen-bond donors (Lipinski definition) is 0. The van der Waals surface area contributed by atoms with Gasteiger partial charge in [-0.3, -0.25) is 0 Å². The third kappa shape index (κ3) is 8.52. The molecule has 2 aliphatic rings. The summed E-state index contributed by atoms with van der Waals surface area (Å²) in [6.45, 7) is 37.5. The molecule has 0 saturated carbocycles. The number of fused-ring (bicyclic) bond motifs is 2. The van der Waals surface area contributed by atoms with E-state index in [1.165, 1.54) is 100 Å². The van der Waals surface area contributed by atoms with Crippen LogP contribution in [0.25, 0.3) is 45.6 Å². The van der Waals surface area contributed by atoms with Crippen LogP contribution < -0.4 is 0 Å². The van der Waals surface area contributed by atoms with Gasteiger partial charge in [0.1, 0.15) is 0 Å². The summed E-state index contributed by atoms with van der Waals surface area (Å²) in [5.41, 5.74) is 23.2. The van der Waals surface area contributed by atoms with E-state index in [9.17, 15) is 17.0 Å². The quantitative estimate of drug-likeness (QED) is 0.140. The monoisotopic (exact) mass is 1010 g/mol. The molecule has 0 saturated heterocycles. The van der Waals surface area contributed by atoms with Crippen molar-refractivity contribution < 1.29 is 15.6 Å². The van der Waals surface area contributed by atoms with Crippen LogP contribution in [0.5, 0.6) is 0 Å². The normalized spacial score (nSPS) is 17.3. The molecule has 2 unspecified atom stereocenters. The van der Waals surface area contributed by atoms with Crippen LogP contribution in [0.2, 0.25) is 13.1 Å². The zero-order chi connectivity index (χ0) is 48.1. The van der Waals surface area contributed by atoms with E-state index in [0.717, 1.165) is 0 Å². The van der Waals surface area contributed by atoms with Crippen LogP contribution in [0.3, 0.4) is 0 Å². The first-order chi connectivity index (χ1) is 30.6. The maximum absolute atomic E-state index is 9.26. The van der Waals surface area contributed by atoms with E-state index in [0.29, 0.717) is 0 Å². The predicted octanol–water partition coefficient (Wildman–Crippen LogP) is 18.7. The Balaban J connectivity index is 1.46. The van der Waals surface area contributed by atoms with Crippen molar-refractivity contribution >= 4 is 46.2 Å². The van der Waals surface area contributed by atoms with E-state index in [1.54, 1.807) is 0 Å². The molecule has 8 rings (SSSR count). The third-order valence-corrected chi connectivity index (χ3v) is 66.7. The molecule has 0 fully saturated rings. The standard InChI is InChI=1S/2C30H33.C2H7Si.2ClH.Zr/c2*1-20-13-14-22-15-23(21-11-9-8-10-12-21)18-27(22)28(20)24-16-25(29(2,3)4)19-26(17-24)30(5,6)7;1-3-2;;;/h2*8-19H,1-7H3;3H,1-2H3;2*1H;/q;;;;;+2/p-2. The van der Waals surface area contributed by atoms with Crippen LogP contribution in [0, 0.1) is 13.8 Å². The minimum atomic E-state index is -5.38. The average Bonchev–Trinajstić information content (AvgIpc) is 3.84. The van der Waals surface area contributed by atoms with E-state index in [-0.39, 0.29) is 28.9 Å². The first-order valence-electron chi connectivity index (χ1n) is 24.3. The second-order valence-electron chi connectivity index (χ2n) is 24.3. The maximum atomic E-state index is 9.26. The summed E-state index contributed by atoms with van der Waals surface area (Å²) in [4.78, 5) is 0. The van der Waals surface area contributed by atoms with Crippen LogP contribution in [0.1, 0.15) is 157 Å². The molecule has 0 N–H and O–H groups in total. The second-order valence-corrected chi connectivity index (χ2v) is 66.8. The SMILES string of the molecule is Cc1ccc2c(c1-c1cc(C(C)(C)C)cc(C(C)(C)C)c1)C=C(c1ccccc1)[CH]2[Zr]([Cl])([Cl])([CH]1C(c2ccccc2)=Cc2c1ccc(C)c2-c1cc(C(C)(C)C)cc(C(C)(C)C)c1)[SiH](C)C. The molecular weight excluding hydrogens is 935 g/mol. The van der Waals surface area contributed by atoms with Crippen molar-refractivity contribution in [2.24, 2.45) is 0 Å². The third-order valence-electron chi connectivity index (χ3n) is 15.1. The van der Waals surface area contributed by atoms with Gasteiger partial charge in [0.25, 0.3) is 0 Å². The number of hydrogen-bond acceptors (Lipinski definition) is 0. The molecule has 6 aromatic rings. The fraction of sp³-hybridized carbons (Fsp3) is 0.355. The van der Waals surface area contributed by atoms with Crippen molar-refractivity contribution in [1.82, 2.24) is 0 Å². The number of allylic oxidation sites excluding steroid dienone is 2. The molecule has 2 atom stereocenters. The van der Waals surface area contributed by atoms with Crippen LogP contribution in [-0.2, 0) is 37.2 Å². The van der Waals surface area contributed by atoms with Gasteiger partial charge in [-0.2, -0.15) is 0 Å². The van der Waals surface area contributed by atoms with Crippen LogP contribution in [0.15, 0.2) is 121 Å². The van der Waals surface area contributed by atoms with Crippen molar-refractivity contribution in [3.05, 3.63) is 188 Å². The first kappa shape index (κ1) is 48.9. The molecule has 2 aliphatic carbocycles. The Morgan fingerprint density at radius 1 is 0.409 bits per heavy atom.